The Morgan fingerprint density at radius 1 is 1.56 bits per heavy atom. The van der Waals surface area contributed by atoms with E-state index in [9.17, 15) is 9.90 Å². The summed E-state index contributed by atoms with van der Waals surface area (Å²) < 4.78 is 7.21. The number of aromatic nitrogens is 2. The van der Waals surface area contributed by atoms with Gasteiger partial charge in [0.05, 0.1) is 11.8 Å². The summed E-state index contributed by atoms with van der Waals surface area (Å²) >= 11 is 0. The van der Waals surface area contributed by atoms with Gasteiger partial charge in [-0.1, -0.05) is 0 Å². The lowest BCUT2D eigenvalue weighted by Gasteiger charge is -2.18. The third-order valence-corrected chi connectivity index (χ3v) is 2.75. The van der Waals surface area contributed by atoms with Crippen LogP contribution in [0.2, 0.25) is 0 Å². The molecule has 1 atom stereocenters. The molecule has 1 amide bonds. The first-order valence-corrected chi connectivity index (χ1v) is 5.88. The topological polar surface area (TPSA) is 67.6 Å². The lowest BCUT2D eigenvalue weighted by molar-refractivity contribution is -0.133. The fourth-order valence-corrected chi connectivity index (χ4v) is 1.71. The first-order valence-electron chi connectivity index (χ1n) is 5.88. The van der Waals surface area contributed by atoms with Gasteiger partial charge in [0.15, 0.2) is 12.4 Å². The smallest absolute Gasteiger partial charge is 0.260 e. The van der Waals surface area contributed by atoms with Crippen LogP contribution < -0.4 is 4.74 Å². The molecule has 6 nitrogen and oxygen atoms in total. The summed E-state index contributed by atoms with van der Waals surface area (Å²) in [5.41, 5.74) is 1.65. The van der Waals surface area contributed by atoms with Gasteiger partial charge < -0.3 is 14.7 Å². The second-order valence-corrected chi connectivity index (χ2v) is 4.54. The van der Waals surface area contributed by atoms with Crippen molar-refractivity contribution in [3.63, 3.8) is 0 Å². The summed E-state index contributed by atoms with van der Waals surface area (Å²) in [5, 5.41) is 13.4. The summed E-state index contributed by atoms with van der Waals surface area (Å²) in [6.45, 7) is 5.62. The molecule has 0 bridgehead atoms. The van der Waals surface area contributed by atoms with Gasteiger partial charge in [0.2, 0.25) is 0 Å². The van der Waals surface area contributed by atoms with Crippen molar-refractivity contribution in [1.29, 1.82) is 0 Å². The molecule has 0 fully saturated rings. The molecular formula is C12H21N3O3. The third-order valence-electron chi connectivity index (χ3n) is 2.75. The molecule has 1 N–H and O–H groups in total. The molecule has 0 aromatic carbocycles. The maximum Gasteiger partial charge on any atom is 0.260 e. The van der Waals surface area contributed by atoms with Crippen LogP contribution in [-0.2, 0) is 11.8 Å². The average Bonchev–Trinajstić information content (AvgIpc) is 2.49. The SMILES string of the molecule is Cc1nn(C)c(C)c1OCC(=O)N(C)CC(C)O. The molecule has 18 heavy (non-hydrogen) atoms. The maximum atomic E-state index is 11.7. The van der Waals surface area contributed by atoms with Gasteiger partial charge in [-0.25, -0.2) is 0 Å². The number of nitrogens with zero attached hydrogens (tertiary/aromatic N) is 3. The zero-order valence-electron chi connectivity index (χ0n) is 11.6. The molecule has 0 radical (unpaired) electrons. The van der Waals surface area contributed by atoms with Crippen LogP contribution in [0.25, 0.3) is 0 Å². The Balaban J connectivity index is 2.57. The number of aliphatic hydroxyl groups excluding tert-OH is 1. The largest absolute Gasteiger partial charge is 0.480 e. The average molecular weight is 255 g/mol. The highest BCUT2D eigenvalue weighted by Gasteiger charge is 2.15. The number of ether oxygens (including phenoxy) is 1. The number of likely N-dealkylation sites (N-methyl/N-ethyl adjacent to an activating group) is 1. The molecule has 0 aliphatic rings. The molecule has 0 aliphatic carbocycles. The zero-order chi connectivity index (χ0) is 13.9. The standard InChI is InChI=1S/C12H21N3O3/c1-8(16)6-14(4)11(17)7-18-12-9(2)13-15(5)10(12)3/h8,16H,6-7H2,1-5H3. The van der Waals surface area contributed by atoms with Gasteiger partial charge in [-0.3, -0.25) is 9.48 Å². The summed E-state index contributed by atoms with van der Waals surface area (Å²) in [4.78, 5) is 13.2. The number of carbonyl (C=O) groups excluding carboxylic acids is 1. The zero-order valence-corrected chi connectivity index (χ0v) is 11.6. The Kier molecular flexibility index (Phi) is 4.72. The number of amides is 1. The van der Waals surface area contributed by atoms with Crippen LogP contribution in [0.4, 0.5) is 0 Å². The van der Waals surface area contributed by atoms with E-state index in [2.05, 4.69) is 5.10 Å². The molecular weight excluding hydrogens is 234 g/mol. The first kappa shape index (κ1) is 14.5. The van der Waals surface area contributed by atoms with Crippen LogP contribution >= 0.6 is 0 Å². The Labute approximate surface area is 107 Å². The normalized spacial score (nSPS) is 12.3. The molecule has 6 heteroatoms. The minimum absolute atomic E-state index is 0.0450. The fourth-order valence-electron chi connectivity index (χ4n) is 1.71. The van der Waals surface area contributed by atoms with E-state index in [1.54, 1.807) is 18.7 Å². The van der Waals surface area contributed by atoms with Gasteiger partial charge in [-0.15, -0.1) is 0 Å². The number of aliphatic hydroxyl groups is 1. The molecule has 1 rings (SSSR count). The summed E-state index contributed by atoms with van der Waals surface area (Å²) in [7, 11) is 3.47. The highest BCUT2D eigenvalue weighted by atomic mass is 16.5. The number of rotatable bonds is 5. The predicted molar refractivity (Wildman–Crippen MR) is 67.5 cm³/mol. The number of carbonyl (C=O) groups is 1. The molecule has 1 unspecified atom stereocenters. The van der Waals surface area contributed by atoms with Crippen molar-refractivity contribution < 1.29 is 14.6 Å². The van der Waals surface area contributed by atoms with Crippen molar-refractivity contribution in [2.24, 2.45) is 7.05 Å². The lowest BCUT2D eigenvalue weighted by Crippen LogP contribution is -2.36. The quantitative estimate of drug-likeness (QED) is 0.819. The van der Waals surface area contributed by atoms with Crippen LogP contribution in [0.3, 0.4) is 0 Å². The minimum atomic E-state index is -0.541. The van der Waals surface area contributed by atoms with E-state index in [1.807, 2.05) is 20.9 Å². The van der Waals surface area contributed by atoms with Crippen LogP contribution in [0.1, 0.15) is 18.3 Å². The van der Waals surface area contributed by atoms with Crippen LogP contribution in [0.15, 0.2) is 0 Å². The molecule has 102 valence electrons. The van der Waals surface area contributed by atoms with Crippen molar-refractivity contribution in [2.75, 3.05) is 20.2 Å². The molecule has 1 heterocycles. The van der Waals surface area contributed by atoms with E-state index in [-0.39, 0.29) is 12.5 Å². The molecule has 0 saturated heterocycles. The lowest BCUT2D eigenvalue weighted by atomic mass is 10.3. The Bertz CT molecular complexity index is 426. The summed E-state index contributed by atoms with van der Waals surface area (Å²) in [6, 6.07) is 0. The number of aryl methyl sites for hydroxylation is 2. The summed E-state index contributed by atoms with van der Waals surface area (Å²) in [5.74, 6) is 0.481. The van der Waals surface area contributed by atoms with Crippen LogP contribution in [0, 0.1) is 13.8 Å². The van der Waals surface area contributed by atoms with E-state index in [4.69, 9.17) is 4.74 Å². The third kappa shape index (κ3) is 3.46. The van der Waals surface area contributed by atoms with Crippen molar-refractivity contribution in [3.8, 4) is 5.75 Å². The maximum absolute atomic E-state index is 11.7. The van der Waals surface area contributed by atoms with Gasteiger partial charge in [0, 0.05) is 20.6 Å². The molecule has 0 spiro atoms. The number of hydrogen-bond acceptors (Lipinski definition) is 4. The van der Waals surface area contributed by atoms with E-state index in [0.29, 0.717) is 12.3 Å². The van der Waals surface area contributed by atoms with Crippen molar-refractivity contribution in [3.05, 3.63) is 11.4 Å². The van der Waals surface area contributed by atoms with Gasteiger partial charge >= 0.3 is 0 Å². The first-order chi connectivity index (χ1) is 8.32. The van der Waals surface area contributed by atoms with E-state index >= 15 is 0 Å². The van der Waals surface area contributed by atoms with Crippen LogP contribution in [0.5, 0.6) is 5.75 Å². The molecule has 1 aromatic heterocycles. The van der Waals surface area contributed by atoms with Gasteiger partial charge in [-0.05, 0) is 20.8 Å². The van der Waals surface area contributed by atoms with Gasteiger partial charge in [0.25, 0.3) is 5.91 Å². The fraction of sp³-hybridized carbons (Fsp3) is 0.667. The molecule has 0 saturated carbocycles. The summed E-state index contributed by atoms with van der Waals surface area (Å²) in [6.07, 6.45) is -0.541. The van der Waals surface area contributed by atoms with Gasteiger partial charge in [0.1, 0.15) is 5.69 Å². The van der Waals surface area contributed by atoms with E-state index in [0.717, 1.165) is 11.4 Å². The molecule has 0 aliphatic heterocycles. The molecule has 1 aromatic rings. The highest BCUT2D eigenvalue weighted by Crippen LogP contribution is 2.21. The highest BCUT2D eigenvalue weighted by molar-refractivity contribution is 5.77. The van der Waals surface area contributed by atoms with Gasteiger partial charge in [-0.2, -0.15) is 5.10 Å². The predicted octanol–water partition coefficient (Wildman–Crippen LogP) is 0.255. The van der Waals surface area contributed by atoms with E-state index < -0.39 is 6.10 Å². The number of hydrogen-bond donors (Lipinski definition) is 1. The van der Waals surface area contributed by atoms with Crippen LogP contribution in [-0.4, -0.2) is 52.0 Å². The van der Waals surface area contributed by atoms with E-state index in [1.165, 1.54) is 4.90 Å². The Morgan fingerprint density at radius 3 is 2.61 bits per heavy atom. The second-order valence-electron chi connectivity index (χ2n) is 4.54. The Hall–Kier alpha value is -1.56. The van der Waals surface area contributed by atoms with Crippen molar-refractivity contribution >= 4 is 5.91 Å². The monoisotopic (exact) mass is 255 g/mol. The Morgan fingerprint density at radius 2 is 2.17 bits per heavy atom. The van der Waals surface area contributed by atoms with Crippen molar-refractivity contribution in [2.45, 2.75) is 26.9 Å². The van der Waals surface area contributed by atoms with Crippen molar-refractivity contribution in [1.82, 2.24) is 14.7 Å². The second kappa shape index (κ2) is 5.86. The minimum Gasteiger partial charge on any atom is -0.480 e.